The molecule has 0 spiro atoms. The maximum absolute atomic E-state index is 12.5. The molecule has 0 saturated carbocycles. The number of hydrogen-bond donors (Lipinski definition) is 2. The zero-order chi connectivity index (χ0) is 25.5. The van der Waals surface area contributed by atoms with Crippen molar-refractivity contribution in [2.45, 2.75) is 39.3 Å². The summed E-state index contributed by atoms with van der Waals surface area (Å²) in [6.07, 6.45) is 0. The van der Waals surface area contributed by atoms with Gasteiger partial charge >= 0.3 is 0 Å². The van der Waals surface area contributed by atoms with E-state index in [0.29, 0.717) is 11.6 Å². The lowest BCUT2D eigenvalue weighted by Gasteiger charge is -2.28. The van der Waals surface area contributed by atoms with Gasteiger partial charge in [-0.15, -0.1) is 0 Å². The Bertz CT molecular complexity index is 1150. The van der Waals surface area contributed by atoms with E-state index in [1.807, 2.05) is 30.3 Å². The minimum Gasteiger partial charge on any atom is -0.483 e. The summed E-state index contributed by atoms with van der Waals surface area (Å²) in [4.78, 5) is 14.9. The monoisotopic (exact) mass is 505 g/mol. The van der Waals surface area contributed by atoms with Crippen LogP contribution in [0.25, 0.3) is 11.1 Å². The van der Waals surface area contributed by atoms with Crippen molar-refractivity contribution in [3.05, 3.63) is 88.4 Å². The van der Waals surface area contributed by atoms with E-state index >= 15 is 0 Å². The minimum absolute atomic E-state index is 0.0260. The Balaban J connectivity index is 1.46. The smallest absolute Gasteiger partial charge is 0.258 e. The summed E-state index contributed by atoms with van der Waals surface area (Å²) in [6.45, 7) is 11.8. The molecule has 190 valence electrons. The van der Waals surface area contributed by atoms with Crippen LogP contribution in [-0.4, -0.2) is 43.6 Å². The number of nitrogens with zero attached hydrogens (tertiary/aromatic N) is 1. The van der Waals surface area contributed by atoms with Crippen LogP contribution < -0.4 is 15.4 Å². The van der Waals surface area contributed by atoms with Gasteiger partial charge in [0.25, 0.3) is 5.91 Å². The van der Waals surface area contributed by atoms with Crippen molar-refractivity contribution in [1.82, 2.24) is 15.5 Å². The molecule has 6 heteroatoms. The summed E-state index contributed by atoms with van der Waals surface area (Å²) in [5, 5.41) is 7.01. The summed E-state index contributed by atoms with van der Waals surface area (Å²) < 4.78 is 6.03. The molecule has 1 heterocycles. The van der Waals surface area contributed by atoms with Crippen molar-refractivity contribution in [2.24, 2.45) is 0 Å². The second-order valence-corrected chi connectivity index (χ2v) is 10.8. The fourth-order valence-electron chi connectivity index (χ4n) is 4.29. The largest absolute Gasteiger partial charge is 0.483 e. The van der Waals surface area contributed by atoms with Crippen molar-refractivity contribution < 1.29 is 9.53 Å². The first-order valence-corrected chi connectivity index (χ1v) is 13.0. The van der Waals surface area contributed by atoms with Gasteiger partial charge in [0.15, 0.2) is 6.61 Å². The van der Waals surface area contributed by atoms with Crippen LogP contribution in [0.1, 0.15) is 37.5 Å². The highest BCUT2D eigenvalue weighted by atomic mass is 35.5. The zero-order valence-electron chi connectivity index (χ0n) is 21.4. The summed E-state index contributed by atoms with van der Waals surface area (Å²) in [7, 11) is 0. The molecule has 0 aliphatic carbocycles. The van der Waals surface area contributed by atoms with Crippen LogP contribution in [0.2, 0.25) is 5.02 Å². The minimum atomic E-state index is -0.153. The van der Waals surface area contributed by atoms with E-state index in [-0.39, 0.29) is 17.9 Å². The Morgan fingerprint density at radius 1 is 0.972 bits per heavy atom. The number of carbonyl (C=O) groups is 1. The highest BCUT2D eigenvalue weighted by molar-refractivity contribution is 6.30. The number of hydrogen-bond acceptors (Lipinski definition) is 4. The van der Waals surface area contributed by atoms with Crippen molar-refractivity contribution in [3.63, 3.8) is 0 Å². The van der Waals surface area contributed by atoms with E-state index in [1.165, 1.54) is 11.1 Å². The van der Waals surface area contributed by atoms with Crippen LogP contribution in [0, 0.1) is 0 Å². The van der Waals surface area contributed by atoms with Crippen molar-refractivity contribution in [3.8, 4) is 16.9 Å². The number of carbonyl (C=O) groups excluding carboxylic acids is 1. The van der Waals surface area contributed by atoms with Gasteiger partial charge in [0.05, 0.1) is 0 Å². The van der Waals surface area contributed by atoms with Crippen molar-refractivity contribution in [1.29, 1.82) is 0 Å². The molecule has 0 atom stereocenters. The molecule has 0 bridgehead atoms. The van der Waals surface area contributed by atoms with Crippen molar-refractivity contribution in [2.75, 3.05) is 32.8 Å². The van der Waals surface area contributed by atoms with Crippen LogP contribution in [0.15, 0.2) is 66.7 Å². The quantitative estimate of drug-likeness (QED) is 0.430. The third kappa shape index (κ3) is 7.33. The molecule has 1 fully saturated rings. The molecule has 1 aliphatic rings. The van der Waals surface area contributed by atoms with Gasteiger partial charge in [-0.05, 0) is 51.9 Å². The average molecular weight is 506 g/mol. The third-order valence-corrected chi connectivity index (χ3v) is 6.76. The van der Waals surface area contributed by atoms with E-state index in [4.69, 9.17) is 16.3 Å². The van der Waals surface area contributed by atoms with Gasteiger partial charge in [-0.2, -0.15) is 0 Å². The number of rotatable bonds is 8. The highest BCUT2D eigenvalue weighted by Crippen LogP contribution is 2.30. The predicted octanol–water partition coefficient (Wildman–Crippen LogP) is 5.40. The predicted molar refractivity (Wildman–Crippen MR) is 148 cm³/mol. The number of ether oxygens (including phenoxy) is 1. The average Bonchev–Trinajstić information content (AvgIpc) is 2.88. The molecule has 3 aromatic rings. The molecule has 1 amide bonds. The fourth-order valence-corrected chi connectivity index (χ4v) is 4.42. The molecule has 1 aliphatic heterocycles. The molecular formula is C30H36ClN3O2. The molecule has 3 aromatic carbocycles. The van der Waals surface area contributed by atoms with Crippen LogP contribution in [0.5, 0.6) is 5.75 Å². The maximum Gasteiger partial charge on any atom is 0.258 e. The van der Waals surface area contributed by atoms with Crippen LogP contribution in [0.3, 0.4) is 0 Å². The van der Waals surface area contributed by atoms with E-state index in [1.54, 1.807) is 0 Å². The Morgan fingerprint density at radius 2 is 1.64 bits per heavy atom. The summed E-state index contributed by atoms with van der Waals surface area (Å²) in [6, 6.07) is 22.5. The molecule has 0 radical (unpaired) electrons. The first-order valence-electron chi connectivity index (χ1n) is 12.6. The first-order chi connectivity index (χ1) is 17.3. The van der Waals surface area contributed by atoms with Crippen molar-refractivity contribution >= 4 is 17.5 Å². The van der Waals surface area contributed by atoms with E-state index in [9.17, 15) is 4.79 Å². The van der Waals surface area contributed by atoms with E-state index in [0.717, 1.165) is 55.2 Å². The molecule has 0 aromatic heterocycles. The van der Waals surface area contributed by atoms with Gasteiger partial charge in [-0.1, -0.05) is 74.8 Å². The number of halogens is 1. The normalized spacial score (nSPS) is 14.4. The molecule has 36 heavy (non-hydrogen) atoms. The Kier molecular flexibility index (Phi) is 8.68. The number of amides is 1. The van der Waals surface area contributed by atoms with E-state index in [2.05, 4.69) is 72.7 Å². The van der Waals surface area contributed by atoms with Gasteiger partial charge in [-0.3, -0.25) is 9.69 Å². The lowest BCUT2D eigenvalue weighted by Crippen LogP contribution is -2.43. The van der Waals surface area contributed by atoms with Gasteiger partial charge in [0.2, 0.25) is 0 Å². The molecule has 2 N–H and O–H groups in total. The topological polar surface area (TPSA) is 53.6 Å². The lowest BCUT2D eigenvalue weighted by atomic mass is 9.86. The van der Waals surface area contributed by atoms with Crippen LogP contribution in [-0.2, 0) is 23.3 Å². The van der Waals surface area contributed by atoms with Gasteiger partial charge in [0, 0.05) is 49.9 Å². The van der Waals surface area contributed by atoms with Crippen LogP contribution in [0.4, 0.5) is 0 Å². The molecule has 1 saturated heterocycles. The molecule has 4 rings (SSSR count). The lowest BCUT2D eigenvalue weighted by molar-refractivity contribution is -0.123. The first kappa shape index (κ1) is 26.2. The number of nitrogens with one attached hydrogen (secondary N) is 2. The van der Waals surface area contributed by atoms with Gasteiger partial charge < -0.3 is 15.4 Å². The second kappa shape index (κ2) is 11.9. The second-order valence-electron chi connectivity index (χ2n) is 10.4. The Labute approximate surface area is 219 Å². The summed E-state index contributed by atoms with van der Waals surface area (Å²) >= 11 is 5.94. The van der Waals surface area contributed by atoms with Gasteiger partial charge in [-0.25, -0.2) is 0 Å². The van der Waals surface area contributed by atoms with E-state index < -0.39 is 0 Å². The van der Waals surface area contributed by atoms with Crippen LogP contribution >= 0.6 is 11.6 Å². The molecular weight excluding hydrogens is 470 g/mol. The third-order valence-electron chi connectivity index (χ3n) is 6.51. The summed E-state index contributed by atoms with van der Waals surface area (Å²) in [5.74, 6) is 0.602. The summed E-state index contributed by atoms with van der Waals surface area (Å²) in [5.41, 5.74) is 5.86. The number of benzene rings is 3. The molecule has 0 unspecified atom stereocenters. The fraction of sp³-hybridized carbons (Fsp3) is 0.367. The Morgan fingerprint density at radius 3 is 2.31 bits per heavy atom. The molecule has 5 nitrogen and oxygen atoms in total. The maximum atomic E-state index is 12.5. The standard InChI is InChI=1S/C30H36ClN3O2/c1-30(2,3)26-9-6-23(7-10-26)24-8-13-28(25(18-24)20-34-16-14-32-15-17-34)36-21-29(35)33-19-22-4-11-27(31)12-5-22/h4-13,18,32H,14-17,19-21H2,1-3H3,(H,33,35). The number of piperazine rings is 1. The zero-order valence-corrected chi connectivity index (χ0v) is 22.2. The Hall–Kier alpha value is -2.86. The SMILES string of the molecule is CC(C)(C)c1ccc(-c2ccc(OCC(=O)NCc3ccc(Cl)cc3)c(CN3CCNCC3)c2)cc1. The van der Waals surface area contributed by atoms with Gasteiger partial charge in [0.1, 0.15) is 5.75 Å². The highest BCUT2D eigenvalue weighted by Gasteiger charge is 2.16.